The molecule has 0 aliphatic heterocycles. The van der Waals surface area contributed by atoms with Gasteiger partial charge in [-0.05, 0) is 68.3 Å². The molecule has 0 atom stereocenters. The van der Waals surface area contributed by atoms with Gasteiger partial charge in [0, 0.05) is 35.8 Å². The fourth-order valence-electron chi connectivity index (χ4n) is 3.85. The van der Waals surface area contributed by atoms with Crippen LogP contribution in [0.5, 0.6) is 0 Å². The lowest BCUT2D eigenvalue weighted by Crippen LogP contribution is -2.27. The molecule has 180 valence electrons. The molecule has 0 bridgehead atoms. The van der Waals surface area contributed by atoms with Crippen LogP contribution in [0.2, 0.25) is 0 Å². The van der Waals surface area contributed by atoms with Crippen molar-refractivity contribution in [2.45, 2.75) is 32.9 Å². The van der Waals surface area contributed by atoms with Gasteiger partial charge in [-0.2, -0.15) is 0 Å². The molecular formula is C28H30N4O3. The van der Waals surface area contributed by atoms with Crippen LogP contribution in [0.25, 0.3) is 22.0 Å². The number of rotatable bonds is 6. The van der Waals surface area contributed by atoms with Gasteiger partial charge >= 0.3 is 6.09 Å². The third-order valence-electron chi connectivity index (χ3n) is 5.41. The van der Waals surface area contributed by atoms with Crippen LogP contribution in [-0.2, 0) is 11.3 Å². The van der Waals surface area contributed by atoms with Gasteiger partial charge in [0.15, 0.2) is 0 Å². The third-order valence-corrected chi connectivity index (χ3v) is 5.41. The summed E-state index contributed by atoms with van der Waals surface area (Å²) in [5.41, 5.74) is 9.40. The number of carbonyl (C=O) groups excluding carboxylic acids is 2. The molecule has 3 aromatic carbocycles. The molecule has 0 fully saturated rings. The minimum Gasteiger partial charge on any atom is -0.444 e. The molecule has 1 heterocycles. The van der Waals surface area contributed by atoms with Crippen molar-refractivity contribution >= 4 is 34.3 Å². The van der Waals surface area contributed by atoms with E-state index in [1.807, 2.05) is 66.9 Å². The first-order valence-electron chi connectivity index (χ1n) is 11.5. The molecular weight excluding hydrogens is 440 g/mol. The zero-order valence-electron chi connectivity index (χ0n) is 20.2. The van der Waals surface area contributed by atoms with E-state index in [0.29, 0.717) is 30.0 Å². The summed E-state index contributed by atoms with van der Waals surface area (Å²) in [6, 6.07) is 22.8. The molecule has 0 aliphatic carbocycles. The Bertz CT molecular complexity index is 1350. The van der Waals surface area contributed by atoms with Crippen LogP contribution in [0.1, 0.15) is 31.1 Å². The van der Waals surface area contributed by atoms with E-state index < -0.39 is 11.7 Å². The summed E-state index contributed by atoms with van der Waals surface area (Å²) in [6.07, 6.45) is 1.37. The number of carbonyl (C=O) groups is 2. The predicted octanol–water partition coefficient (Wildman–Crippen LogP) is 5.87. The normalized spacial score (nSPS) is 11.3. The summed E-state index contributed by atoms with van der Waals surface area (Å²) >= 11 is 0. The van der Waals surface area contributed by atoms with Crippen molar-refractivity contribution < 1.29 is 14.3 Å². The maximum absolute atomic E-state index is 13.2. The lowest BCUT2D eigenvalue weighted by Gasteiger charge is -2.21. The smallest absolute Gasteiger partial charge is 0.412 e. The molecule has 0 saturated carbocycles. The zero-order valence-corrected chi connectivity index (χ0v) is 20.2. The maximum atomic E-state index is 13.2. The van der Waals surface area contributed by atoms with E-state index in [1.54, 1.807) is 32.9 Å². The molecule has 0 saturated heterocycles. The Kier molecular flexibility index (Phi) is 6.89. The standard InChI is InChI=1S/C28H30N4O3/c1-28(2,3)35-27(34)31-23-11-9-20(19-7-5-4-6-8-19)18-24(23)30-26(33)22-10-12-25-21(17-22)13-15-32(25)16-14-29/h4-13,15,17-18H,14,16,29H2,1-3H3,(H,30,33)(H,31,34). The summed E-state index contributed by atoms with van der Waals surface area (Å²) in [4.78, 5) is 25.7. The quantitative estimate of drug-likeness (QED) is 0.328. The van der Waals surface area contributed by atoms with Gasteiger partial charge in [0.25, 0.3) is 5.91 Å². The van der Waals surface area contributed by atoms with E-state index in [2.05, 4.69) is 15.2 Å². The number of aromatic nitrogens is 1. The summed E-state index contributed by atoms with van der Waals surface area (Å²) in [6.45, 7) is 6.64. The van der Waals surface area contributed by atoms with Crippen LogP contribution < -0.4 is 16.4 Å². The lowest BCUT2D eigenvalue weighted by atomic mass is 10.0. The van der Waals surface area contributed by atoms with Crippen LogP contribution in [0.4, 0.5) is 16.2 Å². The largest absolute Gasteiger partial charge is 0.444 e. The SMILES string of the molecule is CC(C)(C)OC(=O)Nc1ccc(-c2ccccc2)cc1NC(=O)c1ccc2c(ccn2CCN)c1. The molecule has 2 amide bonds. The molecule has 0 radical (unpaired) electrons. The summed E-state index contributed by atoms with van der Waals surface area (Å²) < 4.78 is 7.46. The van der Waals surface area contributed by atoms with Crippen molar-refractivity contribution in [3.05, 3.63) is 84.6 Å². The van der Waals surface area contributed by atoms with Crippen LogP contribution >= 0.6 is 0 Å². The highest BCUT2D eigenvalue weighted by Crippen LogP contribution is 2.30. The molecule has 0 spiro atoms. The molecule has 7 nitrogen and oxygen atoms in total. The molecule has 4 rings (SSSR count). The summed E-state index contributed by atoms with van der Waals surface area (Å²) in [7, 11) is 0. The van der Waals surface area contributed by atoms with Gasteiger partial charge in [0.2, 0.25) is 0 Å². The lowest BCUT2D eigenvalue weighted by molar-refractivity contribution is 0.0635. The second-order valence-corrected chi connectivity index (χ2v) is 9.28. The fourth-order valence-corrected chi connectivity index (χ4v) is 3.85. The second kappa shape index (κ2) is 10.0. The Hall–Kier alpha value is -4.10. The van der Waals surface area contributed by atoms with Crippen molar-refractivity contribution in [1.29, 1.82) is 0 Å². The van der Waals surface area contributed by atoms with Crippen molar-refractivity contribution in [2.75, 3.05) is 17.2 Å². The Morgan fingerprint density at radius 2 is 1.66 bits per heavy atom. The molecule has 7 heteroatoms. The Morgan fingerprint density at radius 3 is 2.37 bits per heavy atom. The van der Waals surface area contributed by atoms with Gasteiger partial charge in [0.1, 0.15) is 5.60 Å². The Morgan fingerprint density at radius 1 is 0.886 bits per heavy atom. The minimum absolute atomic E-state index is 0.282. The van der Waals surface area contributed by atoms with Crippen LogP contribution in [0.15, 0.2) is 79.0 Å². The van der Waals surface area contributed by atoms with Crippen LogP contribution in [-0.4, -0.2) is 28.7 Å². The number of benzene rings is 3. The van der Waals surface area contributed by atoms with Gasteiger partial charge in [-0.25, -0.2) is 4.79 Å². The van der Waals surface area contributed by atoms with E-state index >= 15 is 0 Å². The topological polar surface area (TPSA) is 98.4 Å². The summed E-state index contributed by atoms with van der Waals surface area (Å²) in [5, 5.41) is 6.68. The minimum atomic E-state index is -0.646. The van der Waals surface area contributed by atoms with Crippen molar-refractivity contribution in [1.82, 2.24) is 4.57 Å². The first-order valence-corrected chi connectivity index (χ1v) is 11.5. The number of nitrogens with zero attached hydrogens (tertiary/aromatic N) is 1. The number of hydrogen-bond acceptors (Lipinski definition) is 4. The molecule has 35 heavy (non-hydrogen) atoms. The molecule has 4 N–H and O–H groups in total. The first kappa shape index (κ1) is 24.0. The highest BCUT2D eigenvalue weighted by atomic mass is 16.6. The van der Waals surface area contributed by atoms with Gasteiger partial charge < -0.3 is 20.4 Å². The number of nitrogens with two attached hydrogens (primary N) is 1. The van der Waals surface area contributed by atoms with Crippen molar-refractivity contribution in [3.8, 4) is 11.1 Å². The zero-order chi connectivity index (χ0) is 25.0. The average molecular weight is 471 g/mol. The summed E-state index contributed by atoms with van der Waals surface area (Å²) in [5.74, 6) is -0.282. The highest BCUT2D eigenvalue weighted by Gasteiger charge is 2.19. The average Bonchev–Trinajstić information content (AvgIpc) is 3.22. The predicted molar refractivity (Wildman–Crippen MR) is 141 cm³/mol. The van der Waals surface area contributed by atoms with Crippen molar-refractivity contribution in [2.24, 2.45) is 5.73 Å². The molecule has 1 aromatic heterocycles. The molecule has 0 aliphatic rings. The highest BCUT2D eigenvalue weighted by molar-refractivity contribution is 6.09. The fraction of sp³-hybridized carbons (Fsp3) is 0.214. The molecule has 0 unspecified atom stereocenters. The number of hydrogen-bond donors (Lipinski definition) is 3. The molecule has 4 aromatic rings. The maximum Gasteiger partial charge on any atom is 0.412 e. The van der Waals surface area contributed by atoms with E-state index in [1.165, 1.54) is 0 Å². The van der Waals surface area contributed by atoms with Gasteiger partial charge in [0.05, 0.1) is 11.4 Å². The van der Waals surface area contributed by atoms with E-state index in [9.17, 15) is 9.59 Å². The number of anilines is 2. The number of fused-ring (bicyclic) bond motifs is 1. The van der Waals surface area contributed by atoms with Gasteiger partial charge in [-0.15, -0.1) is 0 Å². The van der Waals surface area contributed by atoms with E-state index in [-0.39, 0.29) is 5.91 Å². The van der Waals surface area contributed by atoms with Crippen molar-refractivity contribution in [3.63, 3.8) is 0 Å². The first-order chi connectivity index (χ1) is 16.7. The Balaban J connectivity index is 1.64. The number of amides is 2. The number of ether oxygens (including phenoxy) is 1. The third kappa shape index (κ3) is 5.88. The van der Waals surface area contributed by atoms with Crippen LogP contribution in [0, 0.1) is 0 Å². The number of nitrogens with one attached hydrogen (secondary N) is 2. The van der Waals surface area contributed by atoms with E-state index in [4.69, 9.17) is 10.5 Å². The Labute approximate surface area is 204 Å². The monoisotopic (exact) mass is 470 g/mol. The van der Waals surface area contributed by atoms with Gasteiger partial charge in [-0.3, -0.25) is 10.1 Å². The van der Waals surface area contributed by atoms with Gasteiger partial charge in [-0.1, -0.05) is 36.4 Å². The second-order valence-electron chi connectivity index (χ2n) is 9.28. The van der Waals surface area contributed by atoms with Crippen LogP contribution in [0.3, 0.4) is 0 Å². The van der Waals surface area contributed by atoms with E-state index in [0.717, 1.165) is 22.0 Å².